The zero-order chi connectivity index (χ0) is 5.86. The molecule has 0 aliphatic rings. The molecule has 0 aliphatic heterocycles. The Morgan fingerprint density at radius 2 is 2.00 bits per heavy atom. The van der Waals surface area contributed by atoms with E-state index >= 15 is 0 Å². The second-order valence-electron chi connectivity index (χ2n) is 2.07. The standard InChI is InChI=1S/C5H12NTe/c1-5(7)4-6(2)3/h5H,4H2,1-3H3. The van der Waals surface area contributed by atoms with Crippen LogP contribution < -0.4 is 0 Å². The minimum absolute atomic E-state index is 0.811. The van der Waals surface area contributed by atoms with Crippen LogP contribution in [0.3, 0.4) is 0 Å². The molecule has 0 aromatic carbocycles. The molecule has 0 fully saturated rings. The van der Waals surface area contributed by atoms with Crippen molar-refractivity contribution < 1.29 is 0 Å². The molecule has 0 amide bonds. The van der Waals surface area contributed by atoms with Crippen LogP contribution in [0.25, 0.3) is 0 Å². The summed E-state index contributed by atoms with van der Waals surface area (Å²) in [5.41, 5.74) is 0. The molecular formula is C5H12NTe. The number of hydrogen-bond donors (Lipinski definition) is 0. The minimum atomic E-state index is 0.811. The molecule has 7 heavy (non-hydrogen) atoms. The van der Waals surface area contributed by atoms with E-state index < -0.39 is 0 Å². The van der Waals surface area contributed by atoms with E-state index in [0.29, 0.717) is 0 Å². The molecule has 0 rings (SSSR count). The van der Waals surface area contributed by atoms with Crippen LogP contribution in [0.2, 0.25) is 3.97 Å². The Kier molecular flexibility index (Phi) is 4.11. The van der Waals surface area contributed by atoms with Gasteiger partial charge in [-0.05, 0) is 0 Å². The molecule has 1 unspecified atom stereocenters. The van der Waals surface area contributed by atoms with Crippen LogP contribution in [0.1, 0.15) is 6.92 Å². The average molecular weight is 214 g/mol. The molecule has 0 N–H and O–H groups in total. The third-order valence-electron chi connectivity index (χ3n) is 0.622. The van der Waals surface area contributed by atoms with Gasteiger partial charge in [0.2, 0.25) is 0 Å². The molecule has 1 atom stereocenters. The topological polar surface area (TPSA) is 3.24 Å². The predicted octanol–water partition coefficient (Wildman–Crippen LogP) is 0.525. The van der Waals surface area contributed by atoms with Crippen LogP contribution >= 0.6 is 0 Å². The Morgan fingerprint density at radius 1 is 1.57 bits per heavy atom. The Labute approximate surface area is 59.0 Å². The van der Waals surface area contributed by atoms with Gasteiger partial charge in [-0.2, -0.15) is 0 Å². The van der Waals surface area contributed by atoms with E-state index in [2.05, 4.69) is 48.2 Å². The van der Waals surface area contributed by atoms with Crippen molar-refractivity contribution in [1.82, 2.24) is 4.90 Å². The summed E-state index contributed by atoms with van der Waals surface area (Å²) < 4.78 is 0.811. The fourth-order valence-electron chi connectivity index (χ4n) is 0.514. The number of nitrogens with zero attached hydrogens (tertiary/aromatic N) is 1. The molecule has 0 aliphatic carbocycles. The molecule has 0 aromatic rings. The molecule has 0 aromatic heterocycles. The summed E-state index contributed by atoms with van der Waals surface area (Å²) >= 11 is 2.16. The summed E-state index contributed by atoms with van der Waals surface area (Å²) in [7, 11) is 4.20. The van der Waals surface area contributed by atoms with Crippen molar-refractivity contribution in [3.8, 4) is 0 Å². The van der Waals surface area contributed by atoms with Crippen molar-refractivity contribution >= 4 is 22.3 Å². The first kappa shape index (κ1) is 7.75. The Balaban J connectivity index is 2.95. The summed E-state index contributed by atoms with van der Waals surface area (Å²) in [5.74, 6) is 0. The number of rotatable bonds is 2. The second kappa shape index (κ2) is 3.72. The SMILES string of the molecule is CC([Te])CN(C)C. The van der Waals surface area contributed by atoms with Gasteiger partial charge in [0, 0.05) is 0 Å². The summed E-state index contributed by atoms with van der Waals surface area (Å²) in [6.07, 6.45) is 0. The van der Waals surface area contributed by atoms with E-state index in [0.717, 1.165) is 3.97 Å². The van der Waals surface area contributed by atoms with Gasteiger partial charge in [0.05, 0.1) is 0 Å². The Morgan fingerprint density at radius 3 is 2.00 bits per heavy atom. The summed E-state index contributed by atoms with van der Waals surface area (Å²) in [5, 5.41) is 0. The van der Waals surface area contributed by atoms with Crippen molar-refractivity contribution in [3.63, 3.8) is 0 Å². The van der Waals surface area contributed by atoms with Crippen LogP contribution in [-0.4, -0.2) is 47.8 Å². The molecule has 2 heteroatoms. The molecule has 43 valence electrons. The molecule has 1 nitrogen and oxygen atoms in total. The summed E-state index contributed by atoms with van der Waals surface area (Å²) in [6, 6.07) is 0. The Hall–Kier alpha value is 0.750. The van der Waals surface area contributed by atoms with Gasteiger partial charge in [-0.25, -0.2) is 0 Å². The first-order valence-corrected chi connectivity index (χ1v) is 3.78. The fraction of sp³-hybridized carbons (Fsp3) is 1.00. The molecule has 0 spiro atoms. The van der Waals surface area contributed by atoms with Crippen LogP contribution in [0, 0.1) is 0 Å². The van der Waals surface area contributed by atoms with Crippen molar-refractivity contribution in [2.45, 2.75) is 10.9 Å². The maximum absolute atomic E-state index is 2.23. The molecule has 0 bridgehead atoms. The van der Waals surface area contributed by atoms with Crippen molar-refractivity contribution in [1.29, 1.82) is 0 Å². The zero-order valence-electron chi connectivity index (χ0n) is 5.14. The molecule has 0 heterocycles. The molecule has 0 saturated heterocycles. The van der Waals surface area contributed by atoms with E-state index in [1.165, 1.54) is 6.54 Å². The normalized spacial score (nSPS) is 15.0. The van der Waals surface area contributed by atoms with Crippen LogP contribution in [0.4, 0.5) is 0 Å². The van der Waals surface area contributed by atoms with Crippen molar-refractivity contribution in [2.24, 2.45) is 0 Å². The first-order valence-electron chi connectivity index (χ1n) is 2.43. The summed E-state index contributed by atoms with van der Waals surface area (Å²) in [4.78, 5) is 2.20. The van der Waals surface area contributed by atoms with E-state index in [-0.39, 0.29) is 0 Å². The first-order chi connectivity index (χ1) is 3.13. The maximum atomic E-state index is 2.23. The van der Waals surface area contributed by atoms with Gasteiger partial charge in [0.25, 0.3) is 0 Å². The van der Waals surface area contributed by atoms with Gasteiger partial charge in [-0.1, -0.05) is 0 Å². The second-order valence-corrected chi connectivity index (χ2v) is 4.37. The Bertz CT molecular complexity index is 37.3. The van der Waals surface area contributed by atoms with Gasteiger partial charge in [0.15, 0.2) is 0 Å². The van der Waals surface area contributed by atoms with Crippen molar-refractivity contribution in [2.75, 3.05) is 20.6 Å². The summed E-state index contributed by atoms with van der Waals surface area (Å²) in [6.45, 7) is 3.43. The molecule has 1 radical (unpaired) electrons. The van der Waals surface area contributed by atoms with E-state index in [4.69, 9.17) is 0 Å². The molecular weight excluding hydrogens is 202 g/mol. The van der Waals surface area contributed by atoms with E-state index in [1.807, 2.05) is 0 Å². The van der Waals surface area contributed by atoms with E-state index in [9.17, 15) is 0 Å². The van der Waals surface area contributed by atoms with Crippen LogP contribution in [0.15, 0.2) is 0 Å². The van der Waals surface area contributed by atoms with Gasteiger partial charge < -0.3 is 0 Å². The molecule has 0 saturated carbocycles. The van der Waals surface area contributed by atoms with Gasteiger partial charge in [-0.3, -0.25) is 0 Å². The van der Waals surface area contributed by atoms with Crippen LogP contribution in [0.5, 0.6) is 0 Å². The van der Waals surface area contributed by atoms with Gasteiger partial charge in [-0.15, -0.1) is 0 Å². The third kappa shape index (κ3) is 6.75. The average Bonchev–Trinajstić information content (AvgIpc) is 1.27. The number of hydrogen-bond acceptors (Lipinski definition) is 1. The van der Waals surface area contributed by atoms with Gasteiger partial charge in [0.1, 0.15) is 0 Å². The predicted molar refractivity (Wildman–Crippen MR) is 33.7 cm³/mol. The van der Waals surface area contributed by atoms with Crippen LogP contribution in [-0.2, 0) is 0 Å². The van der Waals surface area contributed by atoms with Gasteiger partial charge >= 0.3 is 58.7 Å². The third-order valence-corrected chi connectivity index (χ3v) is 1.05. The van der Waals surface area contributed by atoms with E-state index in [1.54, 1.807) is 0 Å². The fourth-order valence-corrected chi connectivity index (χ4v) is 1.37. The monoisotopic (exact) mass is 216 g/mol. The zero-order valence-corrected chi connectivity index (χ0v) is 7.47. The quantitative estimate of drug-likeness (QED) is 0.605. The van der Waals surface area contributed by atoms with Crippen molar-refractivity contribution in [3.05, 3.63) is 0 Å².